The van der Waals surface area contributed by atoms with Gasteiger partial charge in [-0.1, -0.05) is 6.92 Å². The first-order valence-corrected chi connectivity index (χ1v) is 6.82. The first-order chi connectivity index (χ1) is 9.17. The fourth-order valence-electron chi connectivity index (χ4n) is 2.67. The number of rotatable bonds is 4. The van der Waals surface area contributed by atoms with Gasteiger partial charge in [0.2, 0.25) is 0 Å². The Morgan fingerprint density at radius 3 is 2.68 bits per heavy atom. The van der Waals surface area contributed by atoms with Gasteiger partial charge >= 0.3 is 0 Å². The van der Waals surface area contributed by atoms with Crippen molar-refractivity contribution in [1.29, 1.82) is 0 Å². The minimum Gasteiger partial charge on any atom is -0.372 e. The highest BCUT2D eigenvalue weighted by molar-refractivity contribution is 5.81. The number of methoxy groups -OCH3 is 1. The molecule has 0 spiro atoms. The summed E-state index contributed by atoms with van der Waals surface area (Å²) < 4.78 is 7.18. The van der Waals surface area contributed by atoms with Crippen LogP contribution >= 0.6 is 0 Å². The van der Waals surface area contributed by atoms with E-state index in [4.69, 9.17) is 4.74 Å². The molecule has 2 rings (SSSR count). The zero-order valence-electron chi connectivity index (χ0n) is 11.9. The maximum Gasteiger partial charge on any atom is 0.251 e. The lowest BCUT2D eigenvalue weighted by atomic mass is 9.95. The lowest BCUT2D eigenvalue weighted by Crippen LogP contribution is -2.44. The molecule has 1 unspecified atom stereocenters. The molecule has 1 aromatic rings. The van der Waals surface area contributed by atoms with E-state index in [9.17, 15) is 4.79 Å². The highest BCUT2D eigenvalue weighted by Crippen LogP contribution is 2.26. The molecule has 0 aromatic carbocycles. The van der Waals surface area contributed by atoms with Crippen molar-refractivity contribution in [2.24, 2.45) is 7.05 Å². The summed E-state index contributed by atoms with van der Waals surface area (Å²) in [6.45, 7) is 3.52. The lowest BCUT2D eigenvalue weighted by Gasteiger charge is -2.33. The number of aromatic nitrogens is 3. The molecule has 6 nitrogen and oxygen atoms in total. The largest absolute Gasteiger partial charge is 0.372 e. The maximum absolute atomic E-state index is 12.2. The van der Waals surface area contributed by atoms with E-state index in [0.717, 1.165) is 38.2 Å². The number of amides is 1. The summed E-state index contributed by atoms with van der Waals surface area (Å²) in [5.74, 6) is 1.53. The minimum absolute atomic E-state index is 0.112. The number of nitrogens with zero attached hydrogens (tertiary/aromatic N) is 4. The van der Waals surface area contributed by atoms with E-state index in [-0.39, 0.29) is 12.0 Å². The summed E-state index contributed by atoms with van der Waals surface area (Å²) in [5.41, 5.74) is 0. The van der Waals surface area contributed by atoms with Gasteiger partial charge in [-0.25, -0.2) is 0 Å². The third kappa shape index (κ3) is 2.94. The smallest absolute Gasteiger partial charge is 0.251 e. The molecule has 106 valence electrons. The van der Waals surface area contributed by atoms with Crippen LogP contribution in [0.1, 0.15) is 37.9 Å². The van der Waals surface area contributed by atoms with Crippen LogP contribution in [-0.2, 0) is 16.6 Å². The molecule has 2 heterocycles. The summed E-state index contributed by atoms with van der Waals surface area (Å²) in [6.07, 6.45) is 4.03. The number of aryl methyl sites for hydroxylation is 1. The zero-order valence-corrected chi connectivity index (χ0v) is 11.9. The number of hydrogen-bond acceptors (Lipinski definition) is 4. The molecule has 6 heteroatoms. The van der Waals surface area contributed by atoms with Crippen LogP contribution in [0.5, 0.6) is 0 Å². The molecule has 1 fully saturated rings. The molecule has 0 N–H and O–H groups in total. The molecule has 19 heavy (non-hydrogen) atoms. The van der Waals surface area contributed by atoms with Gasteiger partial charge in [0, 0.05) is 33.2 Å². The average molecular weight is 266 g/mol. The van der Waals surface area contributed by atoms with Crippen molar-refractivity contribution in [2.45, 2.75) is 38.2 Å². The van der Waals surface area contributed by atoms with Crippen molar-refractivity contribution in [2.75, 3.05) is 20.2 Å². The number of likely N-dealkylation sites (tertiary alicyclic amines) is 1. The molecule has 1 aliphatic heterocycles. The first kappa shape index (κ1) is 14.0. The molecular formula is C13H22N4O2. The molecule has 0 saturated carbocycles. The van der Waals surface area contributed by atoms with Gasteiger partial charge in [-0.2, -0.15) is 0 Å². The first-order valence-electron chi connectivity index (χ1n) is 6.82. The van der Waals surface area contributed by atoms with E-state index in [1.807, 2.05) is 23.4 Å². The topological polar surface area (TPSA) is 60.2 Å². The predicted molar refractivity (Wildman–Crippen MR) is 70.6 cm³/mol. The van der Waals surface area contributed by atoms with Gasteiger partial charge in [0.1, 0.15) is 18.3 Å². The quantitative estimate of drug-likeness (QED) is 0.814. The summed E-state index contributed by atoms with van der Waals surface area (Å²) in [6, 6.07) is 0. The fraction of sp³-hybridized carbons (Fsp3) is 0.769. The second-order valence-electron chi connectivity index (χ2n) is 5.03. The van der Waals surface area contributed by atoms with Gasteiger partial charge in [0.05, 0.1) is 0 Å². The summed E-state index contributed by atoms with van der Waals surface area (Å²) in [7, 11) is 3.56. The number of carbonyl (C=O) groups excluding carboxylic acids is 1. The van der Waals surface area contributed by atoms with Crippen LogP contribution in [0.3, 0.4) is 0 Å². The Morgan fingerprint density at radius 1 is 1.53 bits per heavy atom. The van der Waals surface area contributed by atoms with E-state index in [2.05, 4.69) is 10.2 Å². The number of piperidine rings is 1. The van der Waals surface area contributed by atoms with Crippen LogP contribution in [-0.4, -0.2) is 51.9 Å². The second-order valence-corrected chi connectivity index (χ2v) is 5.03. The zero-order chi connectivity index (χ0) is 13.8. The Balaban J connectivity index is 1.92. The number of ether oxygens (including phenoxy) is 1. The predicted octanol–water partition coefficient (Wildman–Crippen LogP) is 0.946. The fourth-order valence-corrected chi connectivity index (χ4v) is 2.67. The highest BCUT2D eigenvalue weighted by Gasteiger charge is 2.29. The van der Waals surface area contributed by atoms with Gasteiger partial charge < -0.3 is 14.2 Å². The number of hydrogen-bond donors (Lipinski definition) is 0. The van der Waals surface area contributed by atoms with Gasteiger partial charge in [-0.05, 0) is 19.3 Å². The minimum atomic E-state index is -0.300. The maximum atomic E-state index is 12.2. The molecule has 0 radical (unpaired) electrons. The van der Waals surface area contributed by atoms with Crippen LogP contribution in [0.15, 0.2) is 6.33 Å². The Bertz CT molecular complexity index is 420. The molecule has 1 aromatic heterocycles. The Labute approximate surface area is 113 Å². The van der Waals surface area contributed by atoms with E-state index in [1.165, 1.54) is 0 Å². The number of carbonyl (C=O) groups is 1. The van der Waals surface area contributed by atoms with Crippen molar-refractivity contribution in [3.63, 3.8) is 0 Å². The van der Waals surface area contributed by atoms with E-state index in [0.29, 0.717) is 5.92 Å². The SMILES string of the molecule is CCC(OC)C(=O)N1CCC(c2nncn2C)CC1. The van der Waals surface area contributed by atoms with E-state index >= 15 is 0 Å². The molecule has 1 amide bonds. The monoisotopic (exact) mass is 266 g/mol. The van der Waals surface area contributed by atoms with Crippen molar-refractivity contribution >= 4 is 5.91 Å². The van der Waals surface area contributed by atoms with Crippen molar-refractivity contribution in [3.05, 3.63) is 12.2 Å². The van der Waals surface area contributed by atoms with Crippen LogP contribution < -0.4 is 0 Å². The summed E-state index contributed by atoms with van der Waals surface area (Å²) in [5, 5.41) is 8.08. The van der Waals surface area contributed by atoms with Crippen LogP contribution in [0, 0.1) is 0 Å². The van der Waals surface area contributed by atoms with Gasteiger partial charge in [-0.15, -0.1) is 10.2 Å². The Morgan fingerprint density at radius 2 is 2.21 bits per heavy atom. The van der Waals surface area contributed by atoms with Crippen LogP contribution in [0.4, 0.5) is 0 Å². The molecule has 1 aliphatic rings. The third-order valence-corrected chi connectivity index (χ3v) is 3.85. The molecule has 1 atom stereocenters. The molecular weight excluding hydrogens is 244 g/mol. The van der Waals surface area contributed by atoms with E-state index < -0.39 is 0 Å². The summed E-state index contributed by atoms with van der Waals surface area (Å²) in [4.78, 5) is 14.1. The molecule has 0 bridgehead atoms. The van der Waals surface area contributed by atoms with Crippen molar-refractivity contribution < 1.29 is 9.53 Å². The standard InChI is InChI=1S/C13H22N4O2/c1-4-11(19-3)13(18)17-7-5-10(6-8-17)12-15-14-9-16(12)2/h9-11H,4-8H2,1-3H3. The molecule has 0 aliphatic carbocycles. The Kier molecular flexibility index (Phi) is 4.52. The van der Waals surface area contributed by atoms with Crippen LogP contribution in [0.25, 0.3) is 0 Å². The normalized spacial score (nSPS) is 18.6. The lowest BCUT2D eigenvalue weighted by molar-refractivity contribution is -0.143. The summed E-state index contributed by atoms with van der Waals surface area (Å²) >= 11 is 0. The second kappa shape index (κ2) is 6.14. The van der Waals surface area contributed by atoms with Gasteiger partial charge in [0.15, 0.2) is 0 Å². The van der Waals surface area contributed by atoms with Gasteiger partial charge in [0.25, 0.3) is 5.91 Å². The highest BCUT2D eigenvalue weighted by atomic mass is 16.5. The van der Waals surface area contributed by atoms with Crippen molar-refractivity contribution in [1.82, 2.24) is 19.7 Å². The van der Waals surface area contributed by atoms with Crippen LogP contribution in [0.2, 0.25) is 0 Å². The van der Waals surface area contributed by atoms with Crippen molar-refractivity contribution in [3.8, 4) is 0 Å². The van der Waals surface area contributed by atoms with E-state index in [1.54, 1.807) is 13.4 Å². The molecule has 1 saturated heterocycles. The Hall–Kier alpha value is -1.43. The van der Waals surface area contributed by atoms with Gasteiger partial charge in [-0.3, -0.25) is 4.79 Å². The third-order valence-electron chi connectivity index (χ3n) is 3.85. The average Bonchev–Trinajstić information content (AvgIpc) is 2.86.